The Labute approximate surface area is 168 Å². The molecule has 3 nitrogen and oxygen atoms in total. The summed E-state index contributed by atoms with van der Waals surface area (Å²) in [6.45, 7) is 2.30. The molecule has 1 N–H and O–H groups in total. The highest BCUT2D eigenvalue weighted by Gasteiger charge is 2.47. The summed E-state index contributed by atoms with van der Waals surface area (Å²) in [7, 11) is 4.02. The number of aromatic nitrogens is 1. The van der Waals surface area contributed by atoms with Gasteiger partial charge in [-0.25, -0.2) is 0 Å². The van der Waals surface area contributed by atoms with Crippen LogP contribution in [0.4, 0.5) is 0 Å². The lowest BCUT2D eigenvalue weighted by atomic mass is 9.59. The summed E-state index contributed by atoms with van der Waals surface area (Å²) in [6.07, 6.45) is 3.40. The predicted octanol–water partition coefficient (Wildman–Crippen LogP) is 4.93. The van der Waals surface area contributed by atoms with Gasteiger partial charge in [-0.3, -0.25) is 0 Å². The van der Waals surface area contributed by atoms with Crippen molar-refractivity contribution in [2.45, 2.75) is 24.7 Å². The Morgan fingerprint density at radius 1 is 1.22 bits per heavy atom. The second kappa shape index (κ2) is 6.39. The minimum absolute atomic E-state index is 0.182. The van der Waals surface area contributed by atoms with E-state index in [1.165, 1.54) is 34.1 Å². The zero-order chi connectivity index (χ0) is 18.6. The van der Waals surface area contributed by atoms with E-state index < -0.39 is 0 Å². The zero-order valence-corrected chi connectivity index (χ0v) is 17.5. The zero-order valence-electron chi connectivity index (χ0n) is 15.9. The smallest absolute Gasteiger partial charge is 0.119 e. The van der Waals surface area contributed by atoms with Gasteiger partial charge in [0.1, 0.15) is 5.75 Å². The van der Waals surface area contributed by atoms with Crippen LogP contribution in [0.2, 0.25) is 0 Å². The molecule has 2 aromatic carbocycles. The fourth-order valence-electron chi connectivity index (χ4n) is 5.38. The van der Waals surface area contributed by atoms with Crippen molar-refractivity contribution in [1.29, 1.82) is 0 Å². The van der Waals surface area contributed by atoms with E-state index in [9.17, 15) is 0 Å². The van der Waals surface area contributed by atoms with Crippen LogP contribution in [0.15, 0.2) is 46.9 Å². The summed E-state index contributed by atoms with van der Waals surface area (Å²) in [6, 6.07) is 15.3. The molecule has 3 aromatic rings. The number of para-hydroxylation sites is 1. The van der Waals surface area contributed by atoms with E-state index in [1.807, 2.05) is 0 Å². The first-order chi connectivity index (χ1) is 13.1. The highest BCUT2D eigenvalue weighted by atomic mass is 79.9. The van der Waals surface area contributed by atoms with Crippen molar-refractivity contribution in [1.82, 2.24) is 9.88 Å². The van der Waals surface area contributed by atoms with Crippen molar-refractivity contribution >= 4 is 26.8 Å². The molecular formula is C23H25BrN2O. The Morgan fingerprint density at radius 3 is 2.93 bits per heavy atom. The number of benzene rings is 2. The fraction of sp³-hybridized carbons (Fsp3) is 0.391. The molecule has 1 aliphatic heterocycles. The number of rotatable bonds is 2. The Hall–Kier alpha value is -1.78. The molecule has 0 radical (unpaired) electrons. The summed E-state index contributed by atoms with van der Waals surface area (Å²) in [5, 5.41) is 1.38. The molecule has 4 heteroatoms. The van der Waals surface area contributed by atoms with Gasteiger partial charge in [-0.15, -0.1) is 0 Å². The number of methoxy groups -OCH3 is 1. The number of halogens is 1. The number of nitrogens with zero attached hydrogens (tertiary/aromatic N) is 1. The lowest BCUT2D eigenvalue weighted by Crippen LogP contribution is -2.52. The first kappa shape index (κ1) is 17.3. The van der Waals surface area contributed by atoms with Gasteiger partial charge in [-0.1, -0.05) is 24.3 Å². The topological polar surface area (TPSA) is 28.3 Å². The van der Waals surface area contributed by atoms with Crippen LogP contribution in [0.5, 0.6) is 5.75 Å². The Kier molecular flexibility index (Phi) is 4.10. The van der Waals surface area contributed by atoms with E-state index >= 15 is 0 Å². The first-order valence-electron chi connectivity index (χ1n) is 9.72. The Balaban J connectivity index is 1.68. The van der Waals surface area contributed by atoms with E-state index in [1.54, 1.807) is 7.11 Å². The minimum Gasteiger partial charge on any atom is -0.497 e. The van der Waals surface area contributed by atoms with Crippen LogP contribution in [-0.2, 0) is 18.3 Å². The molecule has 0 amide bonds. The van der Waals surface area contributed by atoms with Crippen molar-refractivity contribution < 1.29 is 4.74 Å². The maximum absolute atomic E-state index is 5.55. The van der Waals surface area contributed by atoms with E-state index in [0.717, 1.165) is 36.2 Å². The third-order valence-electron chi connectivity index (χ3n) is 6.82. The first-order valence-corrected chi connectivity index (χ1v) is 10.5. The quantitative estimate of drug-likeness (QED) is 0.631. The summed E-state index contributed by atoms with van der Waals surface area (Å²) in [4.78, 5) is 6.26. The maximum Gasteiger partial charge on any atom is 0.119 e. The molecule has 1 aromatic heterocycles. The molecule has 140 valence electrons. The third kappa shape index (κ3) is 2.65. The minimum atomic E-state index is 0.182. The normalized spacial score (nSPS) is 25.2. The highest BCUT2D eigenvalue weighted by Crippen LogP contribution is 2.49. The number of hydrogen-bond acceptors (Lipinski definition) is 2. The van der Waals surface area contributed by atoms with Gasteiger partial charge in [0.25, 0.3) is 0 Å². The second-order valence-corrected chi connectivity index (χ2v) is 9.08. The number of aromatic amines is 1. The van der Waals surface area contributed by atoms with Crippen molar-refractivity contribution in [3.8, 4) is 5.75 Å². The Morgan fingerprint density at radius 2 is 2.07 bits per heavy atom. The molecule has 5 rings (SSSR count). The van der Waals surface area contributed by atoms with Gasteiger partial charge < -0.3 is 14.6 Å². The monoisotopic (exact) mass is 424 g/mol. The summed E-state index contributed by atoms with van der Waals surface area (Å²) >= 11 is 3.73. The average molecular weight is 425 g/mol. The van der Waals surface area contributed by atoms with Crippen LogP contribution in [0, 0.1) is 5.92 Å². The lowest BCUT2D eigenvalue weighted by Gasteiger charge is -2.50. The number of nitrogens with one attached hydrogen (secondary N) is 1. The van der Waals surface area contributed by atoms with Gasteiger partial charge >= 0.3 is 0 Å². The van der Waals surface area contributed by atoms with Crippen LogP contribution >= 0.6 is 15.9 Å². The summed E-state index contributed by atoms with van der Waals surface area (Å²) < 4.78 is 6.71. The number of piperidine rings is 1. The van der Waals surface area contributed by atoms with Crippen LogP contribution in [0.3, 0.4) is 0 Å². The largest absolute Gasteiger partial charge is 0.497 e. The molecule has 1 saturated heterocycles. The molecule has 0 saturated carbocycles. The number of fused-ring (bicyclic) bond motifs is 4. The summed E-state index contributed by atoms with van der Waals surface area (Å²) in [5.74, 6) is 1.58. The van der Waals surface area contributed by atoms with Crippen LogP contribution in [-0.4, -0.2) is 37.1 Å². The Bertz CT molecular complexity index is 1010. The number of H-pyrrole nitrogens is 1. The van der Waals surface area contributed by atoms with Gasteiger partial charge in [0.15, 0.2) is 0 Å². The molecule has 0 spiro atoms. The van der Waals surface area contributed by atoms with Gasteiger partial charge in [-0.05, 0) is 84.0 Å². The van der Waals surface area contributed by atoms with Crippen molar-refractivity contribution in [2.75, 3.05) is 27.2 Å². The lowest BCUT2D eigenvalue weighted by molar-refractivity contribution is 0.0994. The molecule has 27 heavy (non-hydrogen) atoms. The van der Waals surface area contributed by atoms with Crippen molar-refractivity contribution in [3.05, 3.63) is 63.8 Å². The molecule has 1 aliphatic carbocycles. The van der Waals surface area contributed by atoms with E-state index in [2.05, 4.69) is 75.3 Å². The van der Waals surface area contributed by atoms with E-state index in [-0.39, 0.29) is 5.41 Å². The molecule has 1 fully saturated rings. The third-order valence-corrected chi connectivity index (χ3v) is 7.48. The SMILES string of the molecule is COc1cccc(C23CCN(C)CC2Cc2c([nH]c4c(Br)cccc24)C3)c1. The highest BCUT2D eigenvalue weighted by molar-refractivity contribution is 9.10. The molecule has 2 unspecified atom stereocenters. The van der Waals surface area contributed by atoms with Gasteiger partial charge in [0.2, 0.25) is 0 Å². The predicted molar refractivity (Wildman–Crippen MR) is 114 cm³/mol. The second-order valence-electron chi connectivity index (χ2n) is 8.22. The van der Waals surface area contributed by atoms with Gasteiger partial charge in [0, 0.05) is 27.5 Å². The number of ether oxygens (including phenoxy) is 1. The fourth-order valence-corrected chi connectivity index (χ4v) is 5.85. The maximum atomic E-state index is 5.55. The molecule has 0 bridgehead atoms. The average Bonchev–Trinajstić information content (AvgIpc) is 3.05. The molecule has 2 aliphatic rings. The van der Waals surface area contributed by atoms with Crippen LogP contribution in [0.1, 0.15) is 23.2 Å². The number of hydrogen-bond donors (Lipinski definition) is 1. The van der Waals surface area contributed by atoms with Gasteiger partial charge in [-0.2, -0.15) is 0 Å². The molecular weight excluding hydrogens is 400 g/mol. The molecule has 2 atom stereocenters. The van der Waals surface area contributed by atoms with Gasteiger partial charge in [0.05, 0.1) is 12.6 Å². The van der Waals surface area contributed by atoms with Crippen LogP contribution < -0.4 is 4.74 Å². The van der Waals surface area contributed by atoms with Crippen molar-refractivity contribution in [3.63, 3.8) is 0 Å². The van der Waals surface area contributed by atoms with E-state index in [4.69, 9.17) is 4.74 Å². The summed E-state index contributed by atoms with van der Waals surface area (Å²) in [5.41, 5.74) is 5.80. The van der Waals surface area contributed by atoms with E-state index in [0.29, 0.717) is 5.92 Å². The molecule has 2 heterocycles. The van der Waals surface area contributed by atoms with Crippen LogP contribution in [0.25, 0.3) is 10.9 Å². The standard InChI is InChI=1S/C23H25BrN2O/c1-26-10-9-23(15-5-3-6-17(11-15)27-2)13-21-19(12-16(23)14-26)18-7-4-8-20(24)22(18)25-21/h3-8,11,16,25H,9-10,12-14H2,1-2H3. The van der Waals surface area contributed by atoms with Crippen molar-refractivity contribution in [2.24, 2.45) is 5.92 Å². The number of likely N-dealkylation sites (tertiary alicyclic amines) is 1.